The SMILES string of the molecule is CC(C)CC1C(=S)Cc2c(N(Cc3ccccc3)Cc3ccccc3)nc3ccccc3c21. The Morgan fingerprint density at radius 3 is 2.03 bits per heavy atom. The number of pyridine rings is 1. The fourth-order valence-corrected chi connectivity index (χ4v) is 5.45. The summed E-state index contributed by atoms with van der Waals surface area (Å²) in [4.78, 5) is 8.86. The minimum absolute atomic E-state index is 0.331. The first-order chi connectivity index (χ1) is 16.1. The lowest BCUT2D eigenvalue weighted by molar-refractivity contribution is 0.570. The van der Waals surface area contributed by atoms with Crippen LogP contribution < -0.4 is 4.90 Å². The van der Waals surface area contributed by atoms with Gasteiger partial charge < -0.3 is 4.90 Å². The van der Waals surface area contributed by atoms with E-state index in [-0.39, 0.29) is 0 Å². The molecule has 166 valence electrons. The highest BCUT2D eigenvalue weighted by atomic mass is 32.1. The Morgan fingerprint density at radius 2 is 1.42 bits per heavy atom. The maximum atomic E-state index is 5.99. The van der Waals surface area contributed by atoms with Crippen molar-refractivity contribution in [1.29, 1.82) is 0 Å². The molecular weight excluding hydrogens is 420 g/mol. The molecule has 0 bridgehead atoms. The largest absolute Gasteiger partial charge is 0.348 e. The van der Waals surface area contributed by atoms with Gasteiger partial charge in [-0.25, -0.2) is 4.98 Å². The molecule has 1 aromatic heterocycles. The van der Waals surface area contributed by atoms with Crippen LogP contribution in [0.15, 0.2) is 84.9 Å². The molecule has 4 aromatic rings. The van der Waals surface area contributed by atoms with E-state index in [4.69, 9.17) is 17.2 Å². The van der Waals surface area contributed by atoms with Crippen LogP contribution in [-0.4, -0.2) is 9.85 Å². The zero-order chi connectivity index (χ0) is 22.8. The quantitative estimate of drug-likeness (QED) is 0.271. The molecule has 2 nitrogen and oxygen atoms in total. The lowest BCUT2D eigenvalue weighted by Crippen LogP contribution is -2.24. The summed E-state index contributed by atoms with van der Waals surface area (Å²) in [6.45, 7) is 6.22. The summed E-state index contributed by atoms with van der Waals surface area (Å²) in [5.41, 5.74) is 6.39. The van der Waals surface area contributed by atoms with Crippen molar-refractivity contribution in [3.8, 4) is 0 Å². The van der Waals surface area contributed by atoms with Gasteiger partial charge in [-0.3, -0.25) is 0 Å². The summed E-state index contributed by atoms with van der Waals surface area (Å²) in [5, 5.41) is 1.26. The molecule has 3 heteroatoms. The Hall–Kier alpha value is -3.04. The molecule has 1 unspecified atom stereocenters. The van der Waals surface area contributed by atoms with Crippen LogP contribution in [-0.2, 0) is 19.5 Å². The fraction of sp³-hybridized carbons (Fsp3) is 0.267. The number of anilines is 1. The average Bonchev–Trinajstić information content (AvgIpc) is 3.15. The highest BCUT2D eigenvalue weighted by Gasteiger charge is 2.34. The molecule has 0 aliphatic heterocycles. The number of nitrogens with zero attached hydrogens (tertiary/aromatic N) is 2. The molecule has 0 saturated heterocycles. The summed E-state index contributed by atoms with van der Waals surface area (Å²) >= 11 is 5.99. The number of rotatable bonds is 7. The third-order valence-electron chi connectivity index (χ3n) is 6.54. The Morgan fingerprint density at radius 1 is 0.848 bits per heavy atom. The fourth-order valence-electron chi connectivity index (χ4n) is 5.09. The van der Waals surface area contributed by atoms with Gasteiger partial charge in [-0.1, -0.05) is 105 Å². The van der Waals surface area contributed by atoms with Crippen molar-refractivity contribution in [2.24, 2.45) is 5.92 Å². The van der Waals surface area contributed by atoms with E-state index in [1.54, 1.807) is 0 Å². The minimum atomic E-state index is 0.331. The molecule has 33 heavy (non-hydrogen) atoms. The first-order valence-corrected chi connectivity index (χ1v) is 12.3. The molecule has 1 aliphatic carbocycles. The summed E-state index contributed by atoms with van der Waals surface area (Å²) in [5.74, 6) is 2.01. The molecule has 0 fully saturated rings. The van der Waals surface area contributed by atoms with E-state index in [9.17, 15) is 0 Å². The highest BCUT2D eigenvalue weighted by molar-refractivity contribution is 7.80. The second-order valence-electron chi connectivity index (χ2n) is 9.50. The van der Waals surface area contributed by atoms with Crippen molar-refractivity contribution >= 4 is 33.8 Å². The second kappa shape index (κ2) is 9.44. The van der Waals surface area contributed by atoms with Gasteiger partial charge in [0.15, 0.2) is 0 Å². The lowest BCUT2D eigenvalue weighted by atomic mass is 9.89. The van der Waals surface area contributed by atoms with Crippen molar-refractivity contribution in [2.75, 3.05) is 4.90 Å². The van der Waals surface area contributed by atoms with Crippen LogP contribution in [0.2, 0.25) is 0 Å². The van der Waals surface area contributed by atoms with Crippen LogP contribution in [0.4, 0.5) is 5.82 Å². The maximum Gasteiger partial charge on any atom is 0.133 e. The monoisotopic (exact) mass is 450 g/mol. The molecule has 0 spiro atoms. The van der Waals surface area contributed by atoms with Gasteiger partial charge in [0.05, 0.1) is 5.52 Å². The normalized spacial score (nSPS) is 15.2. The van der Waals surface area contributed by atoms with Gasteiger partial charge in [-0.05, 0) is 35.1 Å². The predicted molar refractivity (Wildman–Crippen MR) is 143 cm³/mol. The molecule has 0 amide bonds. The van der Waals surface area contributed by atoms with Crippen LogP contribution >= 0.6 is 12.2 Å². The number of benzene rings is 3. The molecule has 0 saturated carbocycles. The first-order valence-electron chi connectivity index (χ1n) is 11.9. The average molecular weight is 451 g/mol. The predicted octanol–water partition coefficient (Wildman–Crippen LogP) is 7.50. The van der Waals surface area contributed by atoms with Crippen molar-refractivity contribution in [3.63, 3.8) is 0 Å². The van der Waals surface area contributed by atoms with Crippen LogP contribution in [0.25, 0.3) is 10.9 Å². The van der Waals surface area contributed by atoms with Crippen molar-refractivity contribution in [1.82, 2.24) is 4.98 Å². The van der Waals surface area contributed by atoms with Crippen molar-refractivity contribution in [3.05, 3.63) is 107 Å². The van der Waals surface area contributed by atoms with Gasteiger partial charge in [0, 0.05) is 41.2 Å². The third kappa shape index (κ3) is 4.56. The third-order valence-corrected chi connectivity index (χ3v) is 6.97. The summed E-state index contributed by atoms with van der Waals surface area (Å²) in [6, 6.07) is 30.0. The minimum Gasteiger partial charge on any atom is -0.348 e. The van der Waals surface area contributed by atoms with Gasteiger partial charge in [0.25, 0.3) is 0 Å². The Labute approximate surface area is 202 Å². The highest BCUT2D eigenvalue weighted by Crippen LogP contribution is 2.44. The number of aromatic nitrogens is 1. The zero-order valence-corrected chi connectivity index (χ0v) is 20.2. The van der Waals surface area contributed by atoms with Gasteiger partial charge in [0.1, 0.15) is 5.82 Å². The van der Waals surface area contributed by atoms with E-state index in [2.05, 4.69) is 104 Å². The first kappa shape index (κ1) is 21.8. The molecule has 0 radical (unpaired) electrons. The van der Waals surface area contributed by atoms with E-state index in [0.29, 0.717) is 11.8 Å². The van der Waals surface area contributed by atoms with E-state index >= 15 is 0 Å². The zero-order valence-electron chi connectivity index (χ0n) is 19.4. The van der Waals surface area contributed by atoms with Crippen LogP contribution in [0.5, 0.6) is 0 Å². The van der Waals surface area contributed by atoms with E-state index in [1.165, 1.54) is 27.6 Å². The molecular formula is C30H30N2S. The number of hydrogen-bond acceptors (Lipinski definition) is 3. The van der Waals surface area contributed by atoms with Crippen LogP contribution in [0.1, 0.15) is 48.4 Å². The number of para-hydroxylation sites is 1. The summed E-state index contributed by atoms with van der Waals surface area (Å²) < 4.78 is 0. The number of thiocarbonyl (C=S) groups is 1. The van der Waals surface area contributed by atoms with E-state index < -0.39 is 0 Å². The number of hydrogen-bond donors (Lipinski definition) is 0. The molecule has 0 N–H and O–H groups in total. The molecule has 1 aliphatic rings. The lowest BCUT2D eigenvalue weighted by Gasteiger charge is -2.27. The molecule has 1 atom stereocenters. The topological polar surface area (TPSA) is 16.1 Å². The summed E-state index contributed by atoms with van der Waals surface area (Å²) in [6.07, 6.45) is 1.94. The Bertz CT molecular complexity index is 1220. The van der Waals surface area contributed by atoms with Gasteiger partial charge in [-0.2, -0.15) is 0 Å². The maximum absolute atomic E-state index is 5.99. The summed E-state index contributed by atoms with van der Waals surface area (Å²) in [7, 11) is 0. The van der Waals surface area contributed by atoms with Crippen LogP contribution in [0, 0.1) is 5.92 Å². The van der Waals surface area contributed by atoms with Crippen LogP contribution in [0.3, 0.4) is 0 Å². The van der Waals surface area contributed by atoms with E-state index in [1.807, 2.05) is 0 Å². The Kier molecular flexibility index (Phi) is 6.24. The standard InChI is InChI=1S/C30H30N2S/c1-21(2)17-25-28(33)18-26-29(25)24-15-9-10-16-27(24)31-30(26)32(19-22-11-5-3-6-12-22)20-23-13-7-4-8-14-23/h3-16,21,25H,17-20H2,1-2H3. The van der Waals surface area contributed by atoms with Gasteiger partial charge >= 0.3 is 0 Å². The molecule has 1 heterocycles. The van der Waals surface area contributed by atoms with Gasteiger partial charge in [0.2, 0.25) is 0 Å². The second-order valence-corrected chi connectivity index (χ2v) is 10.0. The van der Waals surface area contributed by atoms with Crippen molar-refractivity contribution < 1.29 is 0 Å². The smallest absolute Gasteiger partial charge is 0.133 e. The molecule has 5 rings (SSSR count). The van der Waals surface area contributed by atoms with E-state index in [0.717, 1.165) is 42.1 Å². The number of fused-ring (bicyclic) bond motifs is 3. The van der Waals surface area contributed by atoms with Gasteiger partial charge in [-0.15, -0.1) is 0 Å². The van der Waals surface area contributed by atoms with Crippen molar-refractivity contribution in [2.45, 2.75) is 45.7 Å². The molecule has 3 aromatic carbocycles. The Balaban J connectivity index is 1.67.